The SMILES string of the molecule is COc1ccc([S+]([O-])CC(=O)c2ccc3c(c2)C=CC(C=O)O3)cc1. The van der Waals surface area contributed by atoms with Crippen LogP contribution >= 0.6 is 0 Å². The van der Waals surface area contributed by atoms with Crippen LogP contribution in [-0.2, 0) is 16.0 Å². The van der Waals surface area contributed by atoms with Crippen LogP contribution in [-0.4, -0.2) is 35.6 Å². The van der Waals surface area contributed by atoms with Crippen molar-refractivity contribution in [3.8, 4) is 11.5 Å². The van der Waals surface area contributed by atoms with Gasteiger partial charge in [-0.3, -0.25) is 9.59 Å². The Bertz CT molecular complexity index is 813. The predicted molar refractivity (Wildman–Crippen MR) is 94.6 cm³/mol. The van der Waals surface area contributed by atoms with E-state index in [0.29, 0.717) is 28.2 Å². The first-order valence-corrected chi connectivity index (χ1v) is 8.92. The van der Waals surface area contributed by atoms with Crippen molar-refractivity contribution in [2.75, 3.05) is 12.9 Å². The van der Waals surface area contributed by atoms with Gasteiger partial charge in [-0.05, 0) is 59.7 Å². The number of hydrogen-bond donors (Lipinski definition) is 0. The largest absolute Gasteiger partial charge is 0.611 e. The van der Waals surface area contributed by atoms with Crippen molar-refractivity contribution >= 4 is 29.3 Å². The summed E-state index contributed by atoms with van der Waals surface area (Å²) in [5.74, 6) is 0.893. The second kappa shape index (κ2) is 7.55. The van der Waals surface area contributed by atoms with Crippen molar-refractivity contribution < 1.29 is 23.6 Å². The molecule has 0 saturated heterocycles. The molecule has 2 aromatic carbocycles. The minimum absolute atomic E-state index is 0.105. The van der Waals surface area contributed by atoms with E-state index in [9.17, 15) is 14.1 Å². The number of ketones is 1. The Balaban J connectivity index is 1.71. The van der Waals surface area contributed by atoms with E-state index >= 15 is 0 Å². The van der Waals surface area contributed by atoms with Crippen molar-refractivity contribution in [1.82, 2.24) is 0 Å². The van der Waals surface area contributed by atoms with Crippen molar-refractivity contribution in [3.05, 3.63) is 59.7 Å². The Morgan fingerprint density at radius 1 is 1.28 bits per heavy atom. The fourth-order valence-electron chi connectivity index (χ4n) is 2.43. The zero-order chi connectivity index (χ0) is 17.8. The Morgan fingerprint density at radius 3 is 2.72 bits per heavy atom. The standard InChI is InChI=1S/C19H16O5S/c1-23-15-5-7-17(8-6-15)25(22)12-18(21)13-3-9-19-14(10-13)2-4-16(11-20)24-19/h2-11,16H,12H2,1H3. The maximum Gasteiger partial charge on any atom is 0.212 e. The summed E-state index contributed by atoms with van der Waals surface area (Å²) in [5, 5.41) is 0. The predicted octanol–water partition coefficient (Wildman–Crippen LogP) is 2.66. The highest BCUT2D eigenvalue weighted by Gasteiger charge is 2.20. The molecule has 0 amide bonds. The van der Waals surface area contributed by atoms with Gasteiger partial charge in [0.15, 0.2) is 23.0 Å². The molecule has 1 aliphatic heterocycles. The van der Waals surface area contributed by atoms with E-state index in [1.165, 1.54) is 0 Å². The molecular formula is C19H16O5S. The van der Waals surface area contributed by atoms with Crippen LogP contribution in [0.15, 0.2) is 53.4 Å². The summed E-state index contributed by atoms with van der Waals surface area (Å²) in [6, 6.07) is 11.7. The fraction of sp³-hybridized carbons (Fsp3) is 0.158. The fourth-order valence-corrected chi connectivity index (χ4v) is 3.44. The minimum atomic E-state index is -1.43. The van der Waals surface area contributed by atoms with E-state index in [4.69, 9.17) is 9.47 Å². The van der Waals surface area contributed by atoms with Crippen LogP contribution in [0, 0.1) is 0 Å². The molecule has 128 valence electrons. The zero-order valence-electron chi connectivity index (χ0n) is 13.5. The van der Waals surface area contributed by atoms with Crippen molar-refractivity contribution in [2.45, 2.75) is 11.0 Å². The topological polar surface area (TPSA) is 75.7 Å². The van der Waals surface area contributed by atoms with Gasteiger partial charge < -0.3 is 14.0 Å². The van der Waals surface area contributed by atoms with Gasteiger partial charge in [-0.25, -0.2) is 0 Å². The van der Waals surface area contributed by atoms with Gasteiger partial charge in [0.2, 0.25) is 5.78 Å². The molecule has 6 heteroatoms. The highest BCUT2D eigenvalue weighted by molar-refractivity contribution is 7.92. The Morgan fingerprint density at radius 2 is 2.04 bits per heavy atom. The molecule has 1 aliphatic rings. The number of hydrogen-bond acceptors (Lipinski definition) is 5. The van der Waals surface area contributed by atoms with E-state index in [1.807, 2.05) is 0 Å². The lowest BCUT2D eigenvalue weighted by atomic mass is 10.0. The number of Topliss-reactive ketones (excluding diaryl/α,β-unsaturated/α-hetero) is 1. The van der Waals surface area contributed by atoms with Gasteiger partial charge in [-0.1, -0.05) is 6.08 Å². The molecule has 0 aliphatic carbocycles. The highest BCUT2D eigenvalue weighted by atomic mass is 32.2. The maximum absolute atomic E-state index is 12.4. The molecule has 0 spiro atoms. The number of ether oxygens (including phenoxy) is 2. The molecule has 2 aromatic rings. The summed E-state index contributed by atoms with van der Waals surface area (Å²) < 4.78 is 22.9. The Labute approximate surface area is 148 Å². The van der Waals surface area contributed by atoms with E-state index in [1.54, 1.807) is 61.7 Å². The van der Waals surface area contributed by atoms with Gasteiger partial charge in [-0.15, -0.1) is 0 Å². The number of aldehydes is 1. The summed E-state index contributed by atoms with van der Waals surface area (Å²) in [5.41, 5.74) is 1.18. The lowest BCUT2D eigenvalue weighted by Crippen LogP contribution is -2.19. The number of rotatable bonds is 6. The third-order valence-electron chi connectivity index (χ3n) is 3.78. The van der Waals surface area contributed by atoms with Crippen LogP contribution in [0.5, 0.6) is 11.5 Å². The lowest BCUT2D eigenvalue weighted by Gasteiger charge is -2.17. The summed E-state index contributed by atoms with van der Waals surface area (Å²) in [7, 11) is 1.56. The quantitative estimate of drug-likeness (QED) is 0.452. The monoisotopic (exact) mass is 356 g/mol. The van der Waals surface area contributed by atoms with E-state index in [0.717, 1.165) is 5.56 Å². The molecule has 0 saturated carbocycles. The zero-order valence-corrected chi connectivity index (χ0v) is 14.3. The number of carbonyl (C=O) groups is 2. The van der Waals surface area contributed by atoms with Gasteiger partial charge in [0.25, 0.3) is 0 Å². The molecule has 0 aromatic heterocycles. The molecular weight excluding hydrogens is 340 g/mol. The lowest BCUT2D eigenvalue weighted by molar-refractivity contribution is -0.112. The second-order valence-electron chi connectivity index (χ2n) is 5.42. The van der Waals surface area contributed by atoms with Crippen LogP contribution in [0.2, 0.25) is 0 Å². The third-order valence-corrected chi connectivity index (χ3v) is 5.10. The highest BCUT2D eigenvalue weighted by Crippen LogP contribution is 2.27. The Hall–Kier alpha value is -2.57. The molecule has 0 radical (unpaired) electrons. The van der Waals surface area contributed by atoms with E-state index in [2.05, 4.69) is 0 Å². The van der Waals surface area contributed by atoms with Crippen LogP contribution < -0.4 is 9.47 Å². The second-order valence-corrected chi connectivity index (χ2v) is 6.87. The van der Waals surface area contributed by atoms with Crippen molar-refractivity contribution in [1.29, 1.82) is 0 Å². The van der Waals surface area contributed by atoms with Crippen molar-refractivity contribution in [2.24, 2.45) is 0 Å². The molecule has 1 heterocycles. The summed E-state index contributed by atoms with van der Waals surface area (Å²) in [6.07, 6.45) is 3.47. The van der Waals surface area contributed by atoms with Gasteiger partial charge in [-0.2, -0.15) is 0 Å². The number of carbonyl (C=O) groups excluding carboxylic acids is 2. The maximum atomic E-state index is 12.4. The smallest absolute Gasteiger partial charge is 0.212 e. The summed E-state index contributed by atoms with van der Waals surface area (Å²) >= 11 is -1.43. The normalized spacial score (nSPS) is 16.5. The summed E-state index contributed by atoms with van der Waals surface area (Å²) in [4.78, 5) is 23.8. The van der Waals surface area contributed by atoms with E-state index in [-0.39, 0.29) is 11.5 Å². The first kappa shape index (κ1) is 17.3. The molecule has 5 nitrogen and oxygen atoms in total. The molecule has 0 fully saturated rings. The van der Waals surface area contributed by atoms with E-state index < -0.39 is 17.3 Å². The molecule has 25 heavy (non-hydrogen) atoms. The Kier molecular flexibility index (Phi) is 5.21. The average molecular weight is 356 g/mol. The average Bonchev–Trinajstić information content (AvgIpc) is 2.67. The van der Waals surface area contributed by atoms with Crippen LogP contribution in [0.25, 0.3) is 6.08 Å². The number of fused-ring (bicyclic) bond motifs is 1. The van der Waals surface area contributed by atoms with Gasteiger partial charge in [0.05, 0.1) is 7.11 Å². The molecule has 3 rings (SSSR count). The van der Waals surface area contributed by atoms with Gasteiger partial charge >= 0.3 is 0 Å². The van der Waals surface area contributed by atoms with Crippen LogP contribution in [0.1, 0.15) is 15.9 Å². The first-order valence-electron chi connectivity index (χ1n) is 7.60. The van der Waals surface area contributed by atoms with Crippen molar-refractivity contribution in [3.63, 3.8) is 0 Å². The molecule has 2 atom stereocenters. The molecule has 0 bridgehead atoms. The number of methoxy groups -OCH3 is 1. The number of benzene rings is 2. The molecule has 0 N–H and O–H groups in total. The minimum Gasteiger partial charge on any atom is -0.611 e. The van der Waals surface area contributed by atoms with Crippen LogP contribution in [0.4, 0.5) is 0 Å². The van der Waals surface area contributed by atoms with Gasteiger partial charge in [0, 0.05) is 11.1 Å². The van der Waals surface area contributed by atoms with Gasteiger partial charge in [0.1, 0.15) is 11.5 Å². The van der Waals surface area contributed by atoms with Crippen LogP contribution in [0.3, 0.4) is 0 Å². The molecule has 2 unspecified atom stereocenters. The first-order chi connectivity index (χ1) is 12.1. The third kappa shape index (κ3) is 3.92. The summed E-state index contributed by atoms with van der Waals surface area (Å²) in [6.45, 7) is 0.